The SMILES string of the molecule is COc1ccc2c(n1)CCC(NC(=O)C(CC1Cc3ccccc3C1)c1ccc3c(c1)N(C)c1ccccc1S3(O)O)=N2. The van der Waals surface area contributed by atoms with Crippen LogP contribution in [-0.4, -0.2) is 40.0 Å². The number of pyridine rings is 1. The second kappa shape index (κ2) is 10.8. The number of ether oxygens (including phenoxy) is 1. The van der Waals surface area contributed by atoms with Gasteiger partial charge in [0.2, 0.25) is 11.8 Å². The van der Waals surface area contributed by atoms with Crippen LogP contribution in [0.1, 0.15) is 41.1 Å². The van der Waals surface area contributed by atoms with Gasteiger partial charge in [-0.25, -0.2) is 9.98 Å². The second-order valence-electron chi connectivity index (χ2n) is 11.5. The molecular formula is C34H34N4O4S. The van der Waals surface area contributed by atoms with Crippen molar-refractivity contribution in [2.75, 3.05) is 19.1 Å². The standard InChI is InChI=1S/C34H34N4O4S/c1-38-28-9-5-6-10-30(28)43(40,41)31-14-11-24(20-29(31)38)25(19-21-17-22-7-3-4-8-23(22)18-21)34(39)37-32-15-12-27-26(35-32)13-16-33(36-27)42-2/h3-11,13-14,16,20-21,25,40-41H,12,15,17-19H2,1-2H3,(H,35,37,39). The summed E-state index contributed by atoms with van der Waals surface area (Å²) in [6.45, 7) is 0. The first-order valence-corrected chi connectivity index (χ1v) is 16.1. The average molecular weight is 595 g/mol. The van der Waals surface area contributed by atoms with Crippen molar-refractivity contribution in [3.05, 3.63) is 101 Å². The molecule has 0 saturated heterocycles. The fraction of sp³-hybridized carbons (Fsp3) is 0.265. The number of amidine groups is 1. The molecule has 7 rings (SSSR count). The van der Waals surface area contributed by atoms with E-state index in [4.69, 9.17) is 9.73 Å². The molecule has 3 aromatic carbocycles. The lowest BCUT2D eigenvalue weighted by Crippen LogP contribution is -2.36. The molecule has 0 radical (unpaired) electrons. The molecule has 2 aliphatic heterocycles. The molecule has 0 bridgehead atoms. The van der Waals surface area contributed by atoms with Crippen LogP contribution >= 0.6 is 10.6 Å². The molecule has 0 spiro atoms. The number of amides is 1. The molecule has 3 N–H and O–H groups in total. The van der Waals surface area contributed by atoms with Crippen LogP contribution in [-0.2, 0) is 24.1 Å². The summed E-state index contributed by atoms with van der Waals surface area (Å²) in [5, 5.41) is 3.15. The fourth-order valence-electron chi connectivity index (χ4n) is 6.65. The number of nitrogens with zero attached hydrogens (tertiary/aromatic N) is 3. The van der Waals surface area contributed by atoms with E-state index in [1.165, 1.54) is 11.1 Å². The fourth-order valence-corrected chi connectivity index (χ4v) is 8.40. The van der Waals surface area contributed by atoms with Gasteiger partial charge in [-0.1, -0.05) is 42.5 Å². The summed E-state index contributed by atoms with van der Waals surface area (Å²) in [6.07, 6.45) is 3.76. The number of hydrogen-bond acceptors (Lipinski definition) is 7. The Morgan fingerprint density at radius 3 is 2.47 bits per heavy atom. The van der Waals surface area contributed by atoms with Crippen molar-refractivity contribution in [3.63, 3.8) is 0 Å². The minimum atomic E-state index is -3.19. The average Bonchev–Trinajstić information content (AvgIpc) is 3.45. The van der Waals surface area contributed by atoms with Crippen molar-refractivity contribution in [1.82, 2.24) is 10.3 Å². The highest BCUT2D eigenvalue weighted by Crippen LogP contribution is 2.65. The van der Waals surface area contributed by atoms with E-state index in [1.54, 1.807) is 25.3 Å². The van der Waals surface area contributed by atoms with E-state index >= 15 is 0 Å². The number of para-hydroxylation sites is 1. The van der Waals surface area contributed by atoms with Gasteiger partial charge < -0.3 is 15.0 Å². The summed E-state index contributed by atoms with van der Waals surface area (Å²) in [5.41, 5.74) is 6.58. The van der Waals surface area contributed by atoms with Crippen molar-refractivity contribution in [1.29, 1.82) is 0 Å². The summed E-state index contributed by atoms with van der Waals surface area (Å²) in [7, 11) is 0.331. The molecule has 1 aromatic heterocycles. The molecular weight excluding hydrogens is 560 g/mol. The van der Waals surface area contributed by atoms with Crippen LogP contribution in [0.3, 0.4) is 0 Å². The monoisotopic (exact) mass is 594 g/mol. The number of aryl methyl sites for hydroxylation is 1. The van der Waals surface area contributed by atoms with Crippen molar-refractivity contribution in [3.8, 4) is 5.88 Å². The van der Waals surface area contributed by atoms with E-state index in [0.717, 1.165) is 35.5 Å². The van der Waals surface area contributed by atoms with Gasteiger partial charge in [-0.3, -0.25) is 13.9 Å². The minimum Gasteiger partial charge on any atom is -0.481 e. The number of methoxy groups -OCH3 is 1. The largest absolute Gasteiger partial charge is 0.481 e. The zero-order valence-electron chi connectivity index (χ0n) is 24.2. The third-order valence-electron chi connectivity index (χ3n) is 8.86. The van der Waals surface area contributed by atoms with Crippen LogP contribution in [0.15, 0.2) is 93.6 Å². The Hall–Kier alpha value is -4.18. The highest BCUT2D eigenvalue weighted by atomic mass is 32.3. The molecule has 1 unspecified atom stereocenters. The van der Waals surface area contributed by atoms with Gasteiger partial charge in [0.1, 0.15) is 5.84 Å². The maximum atomic E-state index is 14.1. The highest BCUT2D eigenvalue weighted by Gasteiger charge is 2.35. The molecule has 0 fully saturated rings. The van der Waals surface area contributed by atoms with Gasteiger partial charge in [-0.15, -0.1) is 10.6 Å². The molecule has 1 atom stereocenters. The predicted molar refractivity (Wildman–Crippen MR) is 169 cm³/mol. The number of benzene rings is 3. The van der Waals surface area contributed by atoms with E-state index in [9.17, 15) is 13.9 Å². The number of rotatable bonds is 5. The Labute approximate surface area is 252 Å². The van der Waals surface area contributed by atoms with Gasteiger partial charge in [0.15, 0.2) is 0 Å². The van der Waals surface area contributed by atoms with Crippen LogP contribution in [0.2, 0.25) is 0 Å². The lowest BCUT2D eigenvalue weighted by molar-refractivity contribution is -0.121. The summed E-state index contributed by atoms with van der Waals surface area (Å²) < 4.78 is 27.9. The first-order valence-electron chi connectivity index (χ1n) is 14.6. The van der Waals surface area contributed by atoms with E-state index in [1.807, 2.05) is 48.3 Å². The van der Waals surface area contributed by atoms with Gasteiger partial charge in [0.25, 0.3) is 0 Å². The summed E-state index contributed by atoms with van der Waals surface area (Å²) in [4.78, 5) is 26.3. The number of fused-ring (bicyclic) bond motifs is 4. The molecule has 1 aliphatic carbocycles. The maximum Gasteiger partial charge on any atom is 0.232 e. The van der Waals surface area contributed by atoms with Gasteiger partial charge in [0, 0.05) is 19.5 Å². The third-order valence-corrected chi connectivity index (χ3v) is 10.8. The zero-order chi connectivity index (χ0) is 29.7. The number of carbonyl (C=O) groups is 1. The Bertz CT molecular complexity index is 1750. The number of hydrogen-bond donors (Lipinski definition) is 3. The third kappa shape index (κ3) is 4.97. The van der Waals surface area contributed by atoms with E-state index in [2.05, 4.69) is 34.6 Å². The number of anilines is 2. The van der Waals surface area contributed by atoms with Gasteiger partial charge in [0.05, 0.1) is 45.6 Å². The molecule has 1 amide bonds. The smallest absolute Gasteiger partial charge is 0.232 e. The second-order valence-corrected chi connectivity index (χ2v) is 13.5. The van der Waals surface area contributed by atoms with Crippen molar-refractivity contribution >= 4 is 39.4 Å². The summed E-state index contributed by atoms with van der Waals surface area (Å²) in [6, 6.07) is 25.1. The highest BCUT2D eigenvalue weighted by molar-refractivity contribution is 8.24. The summed E-state index contributed by atoms with van der Waals surface area (Å²) >= 11 is 0. The van der Waals surface area contributed by atoms with Crippen molar-refractivity contribution < 1.29 is 18.6 Å². The Morgan fingerprint density at radius 1 is 0.977 bits per heavy atom. The molecule has 3 aliphatic rings. The predicted octanol–water partition coefficient (Wildman–Crippen LogP) is 7.02. The minimum absolute atomic E-state index is 0.106. The molecule has 9 heteroatoms. The quantitative estimate of drug-likeness (QED) is 0.229. The van der Waals surface area contributed by atoms with E-state index in [-0.39, 0.29) is 5.91 Å². The van der Waals surface area contributed by atoms with E-state index in [0.29, 0.717) is 52.4 Å². The van der Waals surface area contributed by atoms with Crippen molar-refractivity contribution in [2.45, 2.75) is 47.8 Å². The maximum absolute atomic E-state index is 14.1. The number of aromatic nitrogens is 1. The molecule has 8 nitrogen and oxygen atoms in total. The number of nitrogens with one attached hydrogen (secondary N) is 1. The van der Waals surface area contributed by atoms with Crippen LogP contribution in [0.25, 0.3) is 0 Å². The normalized spacial score (nSPS) is 18.0. The zero-order valence-corrected chi connectivity index (χ0v) is 25.0. The van der Waals surface area contributed by atoms with Crippen LogP contribution in [0, 0.1) is 5.92 Å². The van der Waals surface area contributed by atoms with Crippen LogP contribution in [0.5, 0.6) is 5.88 Å². The number of aliphatic imine (C=N–C) groups is 1. The molecule has 4 aromatic rings. The Kier molecular flexibility index (Phi) is 6.96. The molecule has 220 valence electrons. The first kappa shape index (κ1) is 27.6. The topological polar surface area (TPSA) is 107 Å². The van der Waals surface area contributed by atoms with E-state index < -0.39 is 16.5 Å². The molecule has 3 heterocycles. The summed E-state index contributed by atoms with van der Waals surface area (Å²) in [5.74, 6) is 0.937. The Balaban J connectivity index is 1.22. The van der Waals surface area contributed by atoms with Crippen LogP contribution < -0.4 is 15.0 Å². The van der Waals surface area contributed by atoms with Crippen molar-refractivity contribution in [2.24, 2.45) is 10.9 Å². The van der Waals surface area contributed by atoms with Gasteiger partial charge in [-0.05, 0) is 78.6 Å². The van der Waals surface area contributed by atoms with Gasteiger partial charge in [-0.2, -0.15) is 0 Å². The van der Waals surface area contributed by atoms with Crippen LogP contribution in [0.4, 0.5) is 17.1 Å². The lowest BCUT2D eigenvalue weighted by atomic mass is 9.86. The molecule has 0 saturated carbocycles. The lowest BCUT2D eigenvalue weighted by Gasteiger charge is -2.43. The Morgan fingerprint density at radius 2 is 1.70 bits per heavy atom. The number of carbonyl (C=O) groups excluding carboxylic acids is 1. The van der Waals surface area contributed by atoms with Gasteiger partial charge >= 0.3 is 0 Å². The molecule has 43 heavy (non-hydrogen) atoms. The first-order chi connectivity index (χ1) is 20.8.